The van der Waals surface area contributed by atoms with Crippen LogP contribution >= 0.6 is 11.8 Å². The molecule has 0 fully saturated rings. The molecule has 0 amide bonds. The summed E-state index contributed by atoms with van der Waals surface area (Å²) in [5.41, 5.74) is 1.68. The van der Waals surface area contributed by atoms with Crippen molar-refractivity contribution < 1.29 is 11.9 Å². The number of thioether (sulfide) groups is 1. The summed E-state index contributed by atoms with van der Waals surface area (Å²) in [6.07, 6.45) is 5.84. The van der Waals surface area contributed by atoms with E-state index in [1.807, 2.05) is 12.3 Å². The van der Waals surface area contributed by atoms with Crippen molar-refractivity contribution in [3.8, 4) is 0 Å². The Hall–Kier alpha value is -1.07. The molecule has 0 saturated heterocycles. The van der Waals surface area contributed by atoms with Crippen LogP contribution < -0.4 is 4.35 Å². The number of aromatic nitrogens is 2. The minimum absolute atomic E-state index is 0.183. The van der Waals surface area contributed by atoms with Crippen LogP contribution in [-0.4, -0.2) is 38.6 Å². The molecule has 0 unspecified atom stereocenters. The second-order valence-corrected chi connectivity index (χ2v) is 8.63. The monoisotopic (exact) mass is 368 g/mol. The molecule has 0 aliphatic rings. The molecule has 0 atom stereocenters. The first kappa shape index (κ1) is 16.3. The van der Waals surface area contributed by atoms with Crippen LogP contribution in [0.25, 0.3) is 0 Å². The molecule has 0 bridgehead atoms. The maximum atomic E-state index is 11.5. The molecule has 1 heterocycles. The fourth-order valence-electron chi connectivity index (χ4n) is 2.08. The van der Waals surface area contributed by atoms with Crippen LogP contribution in [0.4, 0.5) is 0 Å². The van der Waals surface area contributed by atoms with Gasteiger partial charge in [0.15, 0.2) is 0 Å². The Bertz CT molecular complexity index is 660. The van der Waals surface area contributed by atoms with Crippen molar-refractivity contribution in [1.29, 1.82) is 0 Å². The predicted octanol–water partition coefficient (Wildman–Crippen LogP) is 0.935. The second-order valence-electron chi connectivity index (χ2n) is 4.56. The molecular weight excluding hydrogens is 351 g/mol. The number of hydrogen-bond acceptors (Lipinski definition) is 4. The molecule has 1 aromatic carbocycles. The molecule has 1 aromatic heterocycles. The summed E-state index contributed by atoms with van der Waals surface area (Å²) in [5.74, 6) is 0. The summed E-state index contributed by atoms with van der Waals surface area (Å²) in [7, 11) is 0. The van der Waals surface area contributed by atoms with Crippen molar-refractivity contribution in [2.24, 2.45) is 0 Å². The summed E-state index contributed by atoms with van der Waals surface area (Å²) >= 11 is -3.35. The molecule has 5 nitrogen and oxygen atoms in total. The van der Waals surface area contributed by atoms with Gasteiger partial charge in [0.1, 0.15) is 0 Å². The normalized spacial score (nSPS) is 11.6. The molecule has 0 spiro atoms. The third-order valence-electron chi connectivity index (χ3n) is 3.06. The van der Waals surface area contributed by atoms with E-state index in [9.17, 15) is 11.9 Å². The Labute approximate surface area is 130 Å². The zero-order valence-electron chi connectivity index (χ0n) is 11.6. The molecule has 21 heavy (non-hydrogen) atoms. The Kier molecular flexibility index (Phi) is 5.64. The van der Waals surface area contributed by atoms with E-state index >= 15 is 0 Å². The number of nitrogens with zero attached hydrogens (tertiary/aromatic N) is 2. The first-order valence-electron chi connectivity index (χ1n) is 6.50. The van der Waals surface area contributed by atoms with E-state index < -0.39 is 14.2 Å². The Balaban J connectivity index is 2.02. The van der Waals surface area contributed by atoms with Gasteiger partial charge in [0, 0.05) is 0 Å². The summed E-state index contributed by atoms with van der Waals surface area (Å²) in [4.78, 5) is 8.52. The third-order valence-corrected chi connectivity index (χ3v) is 5.85. The van der Waals surface area contributed by atoms with Crippen LogP contribution in [0.2, 0.25) is 0 Å². The van der Waals surface area contributed by atoms with Gasteiger partial charge in [0.2, 0.25) is 0 Å². The van der Waals surface area contributed by atoms with E-state index in [1.165, 1.54) is 17.8 Å². The number of hydrogen-bond donors (Lipinski definition) is 2. The summed E-state index contributed by atoms with van der Waals surface area (Å²) < 4.78 is 30.5. The van der Waals surface area contributed by atoms with E-state index in [0.29, 0.717) is 6.42 Å². The average Bonchev–Trinajstić information content (AvgIpc) is 2.47. The Morgan fingerprint density at radius 2 is 1.95 bits per heavy atom. The topological polar surface area (TPSA) is 83.3 Å². The minimum atomic E-state index is -4.85. The SMILES string of the molecule is CSc1nccc(CCCc2ccccc2[As](=O)(O)O)n1. The van der Waals surface area contributed by atoms with Gasteiger partial charge in [-0.15, -0.1) is 0 Å². The predicted molar refractivity (Wildman–Crippen MR) is 82.8 cm³/mol. The van der Waals surface area contributed by atoms with Gasteiger partial charge < -0.3 is 0 Å². The van der Waals surface area contributed by atoms with Gasteiger partial charge in [-0.3, -0.25) is 0 Å². The van der Waals surface area contributed by atoms with Crippen LogP contribution in [0.5, 0.6) is 0 Å². The van der Waals surface area contributed by atoms with E-state index in [2.05, 4.69) is 9.97 Å². The van der Waals surface area contributed by atoms with E-state index in [4.69, 9.17) is 0 Å². The quantitative estimate of drug-likeness (QED) is 0.449. The average molecular weight is 368 g/mol. The van der Waals surface area contributed by atoms with Crippen molar-refractivity contribution in [3.05, 3.63) is 47.8 Å². The molecule has 0 radical (unpaired) electrons. The molecular formula is C14H17AsN2O3S. The van der Waals surface area contributed by atoms with E-state index in [1.54, 1.807) is 24.4 Å². The second kappa shape index (κ2) is 7.27. The van der Waals surface area contributed by atoms with Gasteiger partial charge in [-0.1, -0.05) is 0 Å². The van der Waals surface area contributed by atoms with Crippen LogP contribution in [0.1, 0.15) is 17.7 Å². The van der Waals surface area contributed by atoms with Crippen LogP contribution in [0.3, 0.4) is 0 Å². The van der Waals surface area contributed by atoms with Crippen molar-refractivity contribution in [2.45, 2.75) is 24.4 Å². The fourth-order valence-corrected chi connectivity index (χ4v) is 4.22. The Morgan fingerprint density at radius 3 is 2.67 bits per heavy atom. The van der Waals surface area contributed by atoms with Crippen molar-refractivity contribution in [2.75, 3.05) is 6.26 Å². The van der Waals surface area contributed by atoms with Gasteiger partial charge in [-0.05, 0) is 0 Å². The van der Waals surface area contributed by atoms with E-state index in [-0.39, 0.29) is 4.35 Å². The molecule has 2 rings (SSSR count). The summed E-state index contributed by atoms with van der Waals surface area (Å²) in [5, 5.41) is 0.742. The molecule has 2 aromatic rings. The molecule has 0 saturated carbocycles. The van der Waals surface area contributed by atoms with Crippen LogP contribution in [-0.2, 0) is 16.6 Å². The zero-order chi connectivity index (χ0) is 15.3. The van der Waals surface area contributed by atoms with Crippen molar-refractivity contribution in [1.82, 2.24) is 9.97 Å². The Morgan fingerprint density at radius 1 is 1.19 bits per heavy atom. The van der Waals surface area contributed by atoms with Crippen molar-refractivity contribution >= 4 is 30.3 Å². The van der Waals surface area contributed by atoms with Crippen molar-refractivity contribution in [3.63, 3.8) is 0 Å². The molecule has 2 N–H and O–H groups in total. The number of benzene rings is 1. The third kappa shape index (κ3) is 4.71. The maximum absolute atomic E-state index is 11.5. The number of rotatable bonds is 6. The summed E-state index contributed by atoms with van der Waals surface area (Å²) in [6.45, 7) is 0. The molecule has 7 heteroatoms. The molecule has 0 aliphatic carbocycles. The summed E-state index contributed by atoms with van der Waals surface area (Å²) in [6, 6.07) is 8.64. The van der Waals surface area contributed by atoms with Gasteiger partial charge in [-0.25, -0.2) is 0 Å². The number of aryl methyl sites for hydroxylation is 2. The van der Waals surface area contributed by atoms with Gasteiger partial charge in [-0.2, -0.15) is 0 Å². The van der Waals surface area contributed by atoms with Crippen LogP contribution in [0.15, 0.2) is 41.7 Å². The van der Waals surface area contributed by atoms with Gasteiger partial charge in [0.05, 0.1) is 0 Å². The zero-order valence-corrected chi connectivity index (χ0v) is 14.3. The van der Waals surface area contributed by atoms with Gasteiger partial charge >= 0.3 is 131 Å². The fraction of sp³-hybridized carbons (Fsp3) is 0.286. The van der Waals surface area contributed by atoms with E-state index in [0.717, 1.165) is 29.3 Å². The first-order valence-corrected chi connectivity index (χ1v) is 11.1. The van der Waals surface area contributed by atoms with Gasteiger partial charge in [0.25, 0.3) is 0 Å². The standard InChI is InChI=1S/C14H17AsN2O3S/c1-21-14-16-10-9-12(17-14)7-4-6-11-5-2-3-8-13(11)15(18,19)20/h2-3,5,8-10H,4,6-7H2,1H3,(H2,18,19,20). The molecule has 0 aliphatic heterocycles. The molecule has 112 valence electrons. The van der Waals surface area contributed by atoms with Crippen LogP contribution in [0, 0.1) is 0 Å². The first-order chi connectivity index (χ1) is 10.0.